The topological polar surface area (TPSA) is 125 Å². The predicted octanol–water partition coefficient (Wildman–Crippen LogP) is 2.37. The molecule has 2 unspecified atom stereocenters. The number of carbonyl (C=O) groups is 3. The van der Waals surface area contributed by atoms with E-state index in [1.165, 1.54) is 0 Å². The van der Waals surface area contributed by atoms with Gasteiger partial charge in [-0.2, -0.15) is 0 Å². The molecule has 33 heavy (non-hydrogen) atoms. The summed E-state index contributed by atoms with van der Waals surface area (Å²) in [5.74, 6) is -0.0506. The molecular formula is C24H23N5O4. The summed E-state index contributed by atoms with van der Waals surface area (Å²) in [6, 6.07) is 11.2. The normalized spacial score (nSPS) is 20.5. The number of carbonyl (C=O) groups excluding carboxylic acids is 2. The Balaban J connectivity index is 0.000000821. The number of rotatable bonds is 4. The molecule has 3 aromatic rings. The molecule has 1 spiro atoms. The molecule has 0 saturated carbocycles. The van der Waals surface area contributed by atoms with E-state index >= 15 is 0 Å². The number of carboxylic acid groups (broad SMARTS) is 1. The molecule has 9 nitrogen and oxygen atoms in total. The van der Waals surface area contributed by atoms with E-state index in [0.717, 1.165) is 22.5 Å². The molecule has 1 aromatic carbocycles. The smallest absolute Gasteiger partial charge is 0.290 e. The average Bonchev–Trinajstić information content (AvgIpc) is 3.38. The lowest BCUT2D eigenvalue weighted by Gasteiger charge is -2.34. The van der Waals surface area contributed by atoms with E-state index < -0.39 is 11.5 Å². The van der Waals surface area contributed by atoms with Crippen molar-refractivity contribution in [1.82, 2.24) is 19.9 Å². The minimum Gasteiger partial charge on any atom is -0.483 e. The fourth-order valence-corrected chi connectivity index (χ4v) is 4.79. The molecule has 2 aliphatic rings. The number of anilines is 1. The third kappa shape index (κ3) is 4.05. The van der Waals surface area contributed by atoms with Gasteiger partial charge >= 0.3 is 0 Å². The predicted molar refractivity (Wildman–Crippen MR) is 119 cm³/mol. The molecule has 0 aliphatic carbocycles. The van der Waals surface area contributed by atoms with E-state index in [1.807, 2.05) is 41.3 Å². The van der Waals surface area contributed by atoms with Crippen molar-refractivity contribution in [2.45, 2.75) is 30.7 Å². The third-order valence-electron chi connectivity index (χ3n) is 6.12. The van der Waals surface area contributed by atoms with Crippen LogP contribution in [0.25, 0.3) is 0 Å². The van der Waals surface area contributed by atoms with Gasteiger partial charge in [0.05, 0.1) is 11.7 Å². The van der Waals surface area contributed by atoms with Gasteiger partial charge in [-0.25, -0.2) is 0 Å². The van der Waals surface area contributed by atoms with E-state index in [1.54, 1.807) is 31.0 Å². The first-order valence-corrected chi connectivity index (χ1v) is 10.5. The van der Waals surface area contributed by atoms with Gasteiger partial charge in [0, 0.05) is 49.6 Å². The molecule has 2 N–H and O–H groups in total. The van der Waals surface area contributed by atoms with Crippen LogP contribution in [0.3, 0.4) is 0 Å². The molecule has 5 rings (SSSR count). The average molecular weight is 445 g/mol. The number of aryl methyl sites for hydroxylation is 1. The van der Waals surface area contributed by atoms with E-state index in [0.29, 0.717) is 25.8 Å². The monoisotopic (exact) mass is 445 g/mol. The van der Waals surface area contributed by atoms with Crippen molar-refractivity contribution in [3.63, 3.8) is 0 Å². The highest BCUT2D eigenvalue weighted by Gasteiger charge is 2.59. The van der Waals surface area contributed by atoms with Gasteiger partial charge in [0.15, 0.2) is 0 Å². The van der Waals surface area contributed by atoms with Gasteiger partial charge in [-0.05, 0) is 36.1 Å². The second-order valence-electron chi connectivity index (χ2n) is 7.80. The number of para-hydroxylation sites is 1. The third-order valence-corrected chi connectivity index (χ3v) is 6.12. The van der Waals surface area contributed by atoms with Crippen LogP contribution in [0.5, 0.6) is 0 Å². The van der Waals surface area contributed by atoms with Crippen molar-refractivity contribution in [1.29, 1.82) is 0 Å². The van der Waals surface area contributed by atoms with Crippen molar-refractivity contribution >= 4 is 24.0 Å². The van der Waals surface area contributed by atoms with Crippen LogP contribution in [-0.2, 0) is 26.2 Å². The standard InChI is InChI=1S/C23H21N5O2.CH2O2/c29-20(8-7-17-15-25-11-12-26-17)28-13-9-23(21(28)16-4-3-10-24-14-16)18-5-1-2-6-19(18)27-22(23)30;2-1-3/h1-6,10-12,14-15,21H,7-9,13H2,(H,27,30);1H,(H,2,3). The van der Waals surface area contributed by atoms with Crippen molar-refractivity contribution in [3.8, 4) is 0 Å². The first-order chi connectivity index (χ1) is 16.1. The Morgan fingerprint density at radius 3 is 2.67 bits per heavy atom. The van der Waals surface area contributed by atoms with Crippen molar-refractivity contribution in [3.05, 3.63) is 84.2 Å². The SMILES string of the molecule is O=C(CCc1cnccn1)N1CCC2(C(=O)Nc3ccccc32)C1c1cccnc1.O=CO. The number of aromatic nitrogens is 3. The number of pyridine rings is 1. The minimum atomic E-state index is -0.804. The Bertz CT molecular complexity index is 1140. The van der Waals surface area contributed by atoms with Crippen molar-refractivity contribution in [2.75, 3.05) is 11.9 Å². The largest absolute Gasteiger partial charge is 0.483 e. The number of hydrogen-bond acceptors (Lipinski definition) is 6. The van der Waals surface area contributed by atoms with Crippen LogP contribution in [-0.4, -0.2) is 49.8 Å². The van der Waals surface area contributed by atoms with Gasteiger partial charge in [0.2, 0.25) is 11.8 Å². The maximum Gasteiger partial charge on any atom is 0.290 e. The van der Waals surface area contributed by atoms with Crippen LogP contribution < -0.4 is 5.32 Å². The summed E-state index contributed by atoms with van der Waals surface area (Å²) in [7, 11) is 0. The number of hydrogen-bond donors (Lipinski definition) is 2. The van der Waals surface area contributed by atoms with E-state index in [4.69, 9.17) is 9.90 Å². The first kappa shape index (κ1) is 22.1. The molecule has 2 amide bonds. The Labute approximate surface area is 190 Å². The lowest BCUT2D eigenvalue weighted by atomic mass is 9.73. The summed E-state index contributed by atoms with van der Waals surface area (Å²) in [6.07, 6.45) is 9.79. The fourth-order valence-electron chi connectivity index (χ4n) is 4.79. The van der Waals surface area contributed by atoms with Crippen LogP contribution in [0.1, 0.15) is 35.7 Å². The Morgan fingerprint density at radius 2 is 1.94 bits per heavy atom. The molecule has 1 saturated heterocycles. The summed E-state index contributed by atoms with van der Waals surface area (Å²) in [5, 5.41) is 9.92. The van der Waals surface area contributed by atoms with Gasteiger partial charge < -0.3 is 15.3 Å². The molecule has 2 aliphatic heterocycles. The summed E-state index contributed by atoms with van der Waals surface area (Å²) >= 11 is 0. The Hall–Kier alpha value is -4.14. The van der Waals surface area contributed by atoms with Gasteiger partial charge in [-0.3, -0.25) is 29.3 Å². The summed E-state index contributed by atoms with van der Waals surface area (Å²) < 4.78 is 0. The molecule has 4 heterocycles. The molecule has 2 atom stereocenters. The first-order valence-electron chi connectivity index (χ1n) is 10.5. The summed E-state index contributed by atoms with van der Waals surface area (Å²) in [6.45, 7) is 0.265. The summed E-state index contributed by atoms with van der Waals surface area (Å²) in [4.78, 5) is 49.4. The zero-order valence-electron chi connectivity index (χ0n) is 17.8. The highest BCUT2D eigenvalue weighted by atomic mass is 16.3. The molecule has 0 radical (unpaired) electrons. The van der Waals surface area contributed by atoms with E-state index in [-0.39, 0.29) is 18.3 Å². The number of nitrogens with one attached hydrogen (secondary N) is 1. The Morgan fingerprint density at radius 1 is 1.15 bits per heavy atom. The quantitative estimate of drug-likeness (QED) is 0.591. The number of benzene rings is 1. The van der Waals surface area contributed by atoms with Crippen molar-refractivity contribution < 1.29 is 19.5 Å². The van der Waals surface area contributed by atoms with Crippen LogP contribution in [0, 0.1) is 0 Å². The fraction of sp³-hybridized carbons (Fsp3) is 0.250. The second-order valence-corrected chi connectivity index (χ2v) is 7.80. The van der Waals surface area contributed by atoms with Crippen LogP contribution in [0.4, 0.5) is 5.69 Å². The maximum absolute atomic E-state index is 13.3. The van der Waals surface area contributed by atoms with E-state index in [2.05, 4.69) is 20.3 Å². The molecular weight excluding hydrogens is 422 g/mol. The highest BCUT2D eigenvalue weighted by Crippen LogP contribution is 2.54. The van der Waals surface area contributed by atoms with Crippen LogP contribution in [0.15, 0.2) is 67.4 Å². The Kier molecular flexibility index (Phi) is 6.39. The number of fused-ring (bicyclic) bond motifs is 2. The van der Waals surface area contributed by atoms with E-state index in [9.17, 15) is 9.59 Å². The minimum absolute atomic E-state index is 0.00330. The van der Waals surface area contributed by atoms with Crippen LogP contribution in [0.2, 0.25) is 0 Å². The molecule has 2 aromatic heterocycles. The number of nitrogens with zero attached hydrogens (tertiary/aromatic N) is 4. The molecule has 0 bridgehead atoms. The zero-order valence-corrected chi connectivity index (χ0v) is 17.8. The summed E-state index contributed by atoms with van der Waals surface area (Å²) in [5.41, 5.74) is 2.62. The van der Waals surface area contributed by atoms with Crippen molar-refractivity contribution in [2.24, 2.45) is 0 Å². The lowest BCUT2D eigenvalue weighted by Crippen LogP contribution is -2.42. The number of amides is 2. The van der Waals surface area contributed by atoms with Crippen LogP contribution >= 0.6 is 0 Å². The molecule has 9 heteroatoms. The zero-order chi connectivity index (χ0) is 23.3. The molecule has 168 valence electrons. The van der Waals surface area contributed by atoms with Gasteiger partial charge in [-0.15, -0.1) is 0 Å². The number of likely N-dealkylation sites (tertiary alicyclic amines) is 1. The van der Waals surface area contributed by atoms with Gasteiger partial charge in [0.25, 0.3) is 6.47 Å². The lowest BCUT2D eigenvalue weighted by molar-refractivity contribution is -0.133. The second kappa shape index (κ2) is 9.56. The van der Waals surface area contributed by atoms with Gasteiger partial charge in [-0.1, -0.05) is 24.3 Å². The highest BCUT2D eigenvalue weighted by molar-refractivity contribution is 6.07. The van der Waals surface area contributed by atoms with Gasteiger partial charge in [0.1, 0.15) is 5.41 Å². The molecule has 1 fully saturated rings. The maximum atomic E-state index is 13.3.